The Morgan fingerprint density at radius 2 is 1.93 bits per heavy atom. The molecule has 0 aliphatic heterocycles. The molecule has 1 aromatic heterocycles. The van der Waals surface area contributed by atoms with Crippen LogP contribution in [0.4, 0.5) is 11.5 Å². The standard InChI is InChI=1S/C9H15ClN4/c1-5(2)14(4)8-7(11)6(3)12-9(10)13-8/h5H,11H2,1-4H3. The topological polar surface area (TPSA) is 55.0 Å². The summed E-state index contributed by atoms with van der Waals surface area (Å²) in [5.74, 6) is 0.692. The van der Waals surface area contributed by atoms with Crippen LogP contribution in [-0.2, 0) is 0 Å². The molecule has 0 saturated heterocycles. The SMILES string of the molecule is Cc1nc(Cl)nc(N(C)C(C)C)c1N. The van der Waals surface area contributed by atoms with E-state index in [-0.39, 0.29) is 5.28 Å². The molecule has 0 spiro atoms. The Labute approximate surface area is 89.1 Å². The summed E-state index contributed by atoms with van der Waals surface area (Å²) in [5, 5.41) is 0.235. The first-order valence-corrected chi connectivity index (χ1v) is 4.83. The zero-order chi connectivity index (χ0) is 10.9. The minimum atomic E-state index is 0.235. The lowest BCUT2D eigenvalue weighted by Crippen LogP contribution is -2.28. The van der Waals surface area contributed by atoms with Crippen molar-refractivity contribution < 1.29 is 0 Å². The van der Waals surface area contributed by atoms with E-state index in [1.807, 2.05) is 18.9 Å². The van der Waals surface area contributed by atoms with Crippen molar-refractivity contribution in [1.29, 1.82) is 0 Å². The Hall–Kier alpha value is -1.03. The van der Waals surface area contributed by atoms with Gasteiger partial charge in [0.15, 0.2) is 5.82 Å². The Balaban J connectivity index is 3.20. The lowest BCUT2D eigenvalue weighted by Gasteiger charge is -2.24. The van der Waals surface area contributed by atoms with E-state index in [9.17, 15) is 0 Å². The monoisotopic (exact) mass is 214 g/mol. The van der Waals surface area contributed by atoms with E-state index in [0.717, 1.165) is 0 Å². The highest BCUT2D eigenvalue weighted by atomic mass is 35.5. The van der Waals surface area contributed by atoms with Crippen LogP contribution in [0, 0.1) is 6.92 Å². The summed E-state index contributed by atoms with van der Waals surface area (Å²) in [4.78, 5) is 10.1. The Morgan fingerprint density at radius 3 is 2.43 bits per heavy atom. The quantitative estimate of drug-likeness (QED) is 0.764. The van der Waals surface area contributed by atoms with Gasteiger partial charge in [-0.3, -0.25) is 0 Å². The number of hydrogen-bond acceptors (Lipinski definition) is 4. The van der Waals surface area contributed by atoms with E-state index in [1.54, 1.807) is 0 Å². The lowest BCUT2D eigenvalue weighted by molar-refractivity contribution is 0.742. The highest BCUT2D eigenvalue weighted by Gasteiger charge is 2.13. The van der Waals surface area contributed by atoms with Crippen LogP contribution in [-0.4, -0.2) is 23.1 Å². The molecule has 0 radical (unpaired) electrons. The van der Waals surface area contributed by atoms with Crippen molar-refractivity contribution in [3.63, 3.8) is 0 Å². The molecule has 5 heteroatoms. The average Bonchev–Trinajstić information content (AvgIpc) is 2.09. The van der Waals surface area contributed by atoms with E-state index in [4.69, 9.17) is 17.3 Å². The lowest BCUT2D eigenvalue weighted by atomic mass is 10.3. The molecule has 0 atom stereocenters. The molecule has 0 aliphatic rings. The molecule has 2 N–H and O–H groups in total. The molecule has 0 saturated carbocycles. The van der Waals surface area contributed by atoms with Crippen molar-refractivity contribution in [3.05, 3.63) is 11.0 Å². The maximum Gasteiger partial charge on any atom is 0.224 e. The van der Waals surface area contributed by atoms with Crippen LogP contribution in [0.25, 0.3) is 0 Å². The molecule has 78 valence electrons. The van der Waals surface area contributed by atoms with E-state index in [1.165, 1.54) is 0 Å². The number of aryl methyl sites for hydroxylation is 1. The normalized spacial score (nSPS) is 10.7. The number of halogens is 1. The maximum atomic E-state index is 5.86. The van der Waals surface area contributed by atoms with Gasteiger partial charge >= 0.3 is 0 Å². The summed E-state index contributed by atoms with van der Waals surface area (Å²) < 4.78 is 0. The molecule has 1 aromatic rings. The van der Waals surface area contributed by atoms with Crippen molar-refractivity contribution in [2.45, 2.75) is 26.8 Å². The molecule has 1 heterocycles. The summed E-state index contributed by atoms with van der Waals surface area (Å²) >= 11 is 5.77. The number of nitrogens with two attached hydrogens (primary N) is 1. The summed E-state index contributed by atoms with van der Waals surface area (Å²) in [7, 11) is 1.93. The minimum absolute atomic E-state index is 0.235. The molecule has 4 nitrogen and oxygen atoms in total. The fourth-order valence-corrected chi connectivity index (χ4v) is 1.25. The van der Waals surface area contributed by atoms with E-state index in [0.29, 0.717) is 23.2 Å². The molecular formula is C9H15ClN4. The van der Waals surface area contributed by atoms with Crippen LogP contribution in [0.3, 0.4) is 0 Å². The molecule has 0 unspecified atom stereocenters. The van der Waals surface area contributed by atoms with Crippen molar-refractivity contribution >= 4 is 23.1 Å². The fourth-order valence-electron chi connectivity index (χ4n) is 1.05. The van der Waals surface area contributed by atoms with Gasteiger partial charge in [-0.15, -0.1) is 0 Å². The van der Waals surface area contributed by atoms with Crippen LogP contribution in [0.1, 0.15) is 19.5 Å². The second-order valence-corrected chi connectivity index (χ2v) is 3.86. The van der Waals surface area contributed by atoms with Gasteiger partial charge in [-0.1, -0.05) is 0 Å². The second kappa shape index (κ2) is 4.00. The van der Waals surface area contributed by atoms with Gasteiger partial charge in [-0.05, 0) is 32.4 Å². The summed E-state index contributed by atoms with van der Waals surface area (Å²) in [5.41, 5.74) is 7.17. The number of aromatic nitrogens is 2. The molecule has 0 amide bonds. The third-order valence-electron chi connectivity index (χ3n) is 2.20. The summed E-state index contributed by atoms with van der Waals surface area (Å²) in [6, 6.07) is 0.322. The highest BCUT2D eigenvalue weighted by Crippen LogP contribution is 2.24. The molecular weight excluding hydrogens is 200 g/mol. The molecule has 0 aliphatic carbocycles. The van der Waals surface area contributed by atoms with Crippen LogP contribution >= 0.6 is 11.6 Å². The molecule has 14 heavy (non-hydrogen) atoms. The van der Waals surface area contributed by atoms with Crippen molar-refractivity contribution in [2.24, 2.45) is 0 Å². The third kappa shape index (κ3) is 2.07. The Morgan fingerprint density at radius 1 is 1.36 bits per heavy atom. The number of nitrogens with zero attached hydrogens (tertiary/aromatic N) is 3. The van der Waals surface area contributed by atoms with Gasteiger partial charge in [0.05, 0.1) is 11.4 Å². The number of rotatable bonds is 2. The first kappa shape index (κ1) is 11.0. The second-order valence-electron chi connectivity index (χ2n) is 3.52. The average molecular weight is 215 g/mol. The number of anilines is 2. The zero-order valence-electron chi connectivity index (χ0n) is 8.87. The first-order valence-electron chi connectivity index (χ1n) is 4.46. The predicted octanol–water partition coefficient (Wildman–Crippen LogP) is 1.87. The van der Waals surface area contributed by atoms with Gasteiger partial charge in [0.25, 0.3) is 0 Å². The maximum absolute atomic E-state index is 5.86. The van der Waals surface area contributed by atoms with E-state index < -0.39 is 0 Å². The van der Waals surface area contributed by atoms with Gasteiger partial charge in [0.1, 0.15) is 0 Å². The van der Waals surface area contributed by atoms with E-state index >= 15 is 0 Å². The van der Waals surface area contributed by atoms with E-state index in [2.05, 4.69) is 23.8 Å². The smallest absolute Gasteiger partial charge is 0.224 e. The molecule has 0 bridgehead atoms. The first-order chi connectivity index (χ1) is 6.43. The number of hydrogen-bond donors (Lipinski definition) is 1. The Kier molecular flexibility index (Phi) is 3.16. The third-order valence-corrected chi connectivity index (χ3v) is 2.37. The highest BCUT2D eigenvalue weighted by molar-refractivity contribution is 6.28. The molecule has 1 rings (SSSR count). The van der Waals surface area contributed by atoms with Crippen LogP contribution in [0.2, 0.25) is 5.28 Å². The van der Waals surface area contributed by atoms with Crippen LogP contribution < -0.4 is 10.6 Å². The molecule has 0 aromatic carbocycles. The number of nitrogen functional groups attached to an aromatic ring is 1. The van der Waals surface area contributed by atoms with Crippen molar-refractivity contribution in [2.75, 3.05) is 17.7 Å². The van der Waals surface area contributed by atoms with Gasteiger partial charge in [-0.2, -0.15) is 4.98 Å². The van der Waals surface area contributed by atoms with Crippen molar-refractivity contribution in [1.82, 2.24) is 9.97 Å². The van der Waals surface area contributed by atoms with Crippen LogP contribution in [0.5, 0.6) is 0 Å². The largest absolute Gasteiger partial charge is 0.394 e. The zero-order valence-corrected chi connectivity index (χ0v) is 9.63. The van der Waals surface area contributed by atoms with Gasteiger partial charge in [0.2, 0.25) is 5.28 Å². The van der Waals surface area contributed by atoms with Gasteiger partial charge in [-0.25, -0.2) is 4.98 Å². The fraction of sp³-hybridized carbons (Fsp3) is 0.556. The van der Waals surface area contributed by atoms with Gasteiger partial charge in [0, 0.05) is 13.1 Å². The summed E-state index contributed by atoms with van der Waals surface area (Å²) in [6.45, 7) is 5.94. The molecule has 0 fully saturated rings. The summed E-state index contributed by atoms with van der Waals surface area (Å²) in [6.07, 6.45) is 0. The van der Waals surface area contributed by atoms with Gasteiger partial charge < -0.3 is 10.6 Å². The Bertz CT molecular complexity index is 338. The van der Waals surface area contributed by atoms with Crippen molar-refractivity contribution in [3.8, 4) is 0 Å². The minimum Gasteiger partial charge on any atom is -0.394 e. The van der Waals surface area contributed by atoms with Crippen LogP contribution in [0.15, 0.2) is 0 Å². The predicted molar refractivity (Wildman–Crippen MR) is 59.7 cm³/mol.